The summed E-state index contributed by atoms with van der Waals surface area (Å²) < 4.78 is 6.08. The quantitative estimate of drug-likeness (QED) is 0.930. The number of rotatable bonds is 4. The van der Waals surface area contributed by atoms with Crippen molar-refractivity contribution < 1.29 is 4.74 Å². The summed E-state index contributed by atoms with van der Waals surface area (Å²) >= 11 is 3.48. The predicted octanol–water partition coefficient (Wildman–Crippen LogP) is 3.41. The molecule has 1 aromatic carbocycles. The maximum absolute atomic E-state index is 11.8. The first-order valence-corrected chi connectivity index (χ1v) is 7.23. The molecule has 1 heterocycles. The molecule has 20 heavy (non-hydrogen) atoms. The van der Waals surface area contributed by atoms with Crippen LogP contribution in [0.1, 0.15) is 19.5 Å². The van der Waals surface area contributed by atoms with E-state index in [1.807, 2.05) is 18.2 Å². The lowest BCUT2D eigenvalue weighted by molar-refractivity contribution is 0.415. The van der Waals surface area contributed by atoms with E-state index >= 15 is 0 Å². The number of nitrogens with one attached hydrogen (secondary N) is 1. The number of methoxy groups -OCH3 is 1. The maximum Gasteiger partial charge on any atom is 0.251 e. The maximum atomic E-state index is 11.8. The van der Waals surface area contributed by atoms with E-state index in [-0.39, 0.29) is 5.56 Å². The number of H-pyrrole nitrogens is 1. The summed E-state index contributed by atoms with van der Waals surface area (Å²) in [5.41, 5.74) is 1.47. The molecule has 0 radical (unpaired) electrons. The highest BCUT2D eigenvalue weighted by Gasteiger charge is 2.10. The first kappa shape index (κ1) is 14.8. The average molecular weight is 337 g/mol. The van der Waals surface area contributed by atoms with E-state index in [0.717, 1.165) is 27.9 Å². The molecule has 0 unspecified atom stereocenters. The minimum atomic E-state index is -0.139. The molecule has 0 fully saturated rings. The number of nitrogens with zero attached hydrogens (tertiary/aromatic N) is 1. The topological polar surface area (TPSA) is 55.0 Å². The zero-order valence-electron chi connectivity index (χ0n) is 11.7. The van der Waals surface area contributed by atoms with Gasteiger partial charge in [-0.2, -0.15) is 0 Å². The normalized spacial score (nSPS) is 10.8. The zero-order chi connectivity index (χ0) is 14.7. The molecule has 106 valence electrons. The summed E-state index contributed by atoms with van der Waals surface area (Å²) in [5.74, 6) is 1.73. The molecule has 0 bridgehead atoms. The number of aromatic nitrogens is 2. The standard InChI is InChI=1S/C15H17BrN2O2/c1-9(2)6-10-7-14(19)18-15(17-10)12-8-11(20-3)4-5-13(12)16/h4-5,7-9H,6H2,1-3H3,(H,17,18,19). The van der Waals surface area contributed by atoms with Crippen LogP contribution in [-0.4, -0.2) is 17.1 Å². The number of hydrogen-bond acceptors (Lipinski definition) is 3. The van der Waals surface area contributed by atoms with Crippen molar-refractivity contribution in [3.63, 3.8) is 0 Å². The minimum absolute atomic E-state index is 0.139. The van der Waals surface area contributed by atoms with E-state index in [2.05, 4.69) is 39.7 Å². The molecule has 2 rings (SSSR count). The van der Waals surface area contributed by atoms with E-state index in [1.165, 1.54) is 0 Å². The molecule has 0 spiro atoms. The number of halogens is 1. The first-order chi connectivity index (χ1) is 9.49. The first-order valence-electron chi connectivity index (χ1n) is 6.43. The van der Waals surface area contributed by atoms with Crippen molar-refractivity contribution in [3.8, 4) is 17.1 Å². The van der Waals surface area contributed by atoms with Crippen molar-refractivity contribution in [2.24, 2.45) is 5.92 Å². The van der Waals surface area contributed by atoms with E-state index < -0.39 is 0 Å². The van der Waals surface area contributed by atoms with Crippen LogP contribution in [0, 0.1) is 5.92 Å². The summed E-state index contributed by atoms with van der Waals surface area (Å²) in [6.07, 6.45) is 0.776. The molecule has 0 saturated heterocycles. The molecule has 2 aromatic rings. The highest BCUT2D eigenvalue weighted by Crippen LogP contribution is 2.29. The monoisotopic (exact) mass is 336 g/mol. The van der Waals surface area contributed by atoms with Gasteiger partial charge < -0.3 is 9.72 Å². The van der Waals surface area contributed by atoms with E-state index in [4.69, 9.17) is 4.74 Å². The summed E-state index contributed by atoms with van der Waals surface area (Å²) in [6, 6.07) is 7.13. The van der Waals surface area contributed by atoms with Crippen molar-refractivity contribution in [3.05, 3.63) is 44.8 Å². The Morgan fingerprint density at radius 1 is 1.35 bits per heavy atom. The number of aromatic amines is 1. The van der Waals surface area contributed by atoms with E-state index in [9.17, 15) is 4.79 Å². The molecule has 0 amide bonds. The van der Waals surface area contributed by atoms with Gasteiger partial charge in [0.2, 0.25) is 0 Å². The van der Waals surface area contributed by atoms with Crippen LogP contribution in [0.2, 0.25) is 0 Å². The molecule has 5 heteroatoms. The summed E-state index contributed by atoms with van der Waals surface area (Å²) in [4.78, 5) is 19.1. The summed E-state index contributed by atoms with van der Waals surface area (Å²) in [7, 11) is 1.61. The van der Waals surface area contributed by atoms with Crippen LogP contribution >= 0.6 is 15.9 Å². The average Bonchev–Trinajstić information content (AvgIpc) is 2.37. The summed E-state index contributed by atoms with van der Waals surface area (Å²) in [5, 5.41) is 0. The SMILES string of the molecule is COc1ccc(Br)c(-c2nc(CC(C)C)cc(=O)[nH]2)c1. The highest BCUT2D eigenvalue weighted by molar-refractivity contribution is 9.10. The zero-order valence-corrected chi connectivity index (χ0v) is 13.3. The second kappa shape index (κ2) is 6.22. The van der Waals surface area contributed by atoms with Gasteiger partial charge in [-0.3, -0.25) is 4.79 Å². The smallest absolute Gasteiger partial charge is 0.251 e. The third kappa shape index (κ3) is 3.48. The fraction of sp³-hybridized carbons (Fsp3) is 0.333. The lowest BCUT2D eigenvalue weighted by Gasteiger charge is -2.09. The lowest BCUT2D eigenvalue weighted by Crippen LogP contribution is -2.12. The van der Waals surface area contributed by atoms with Gasteiger partial charge in [0.25, 0.3) is 5.56 Å². The number of benzene rings is 1. The van der Waals surface area contributed by atoms with Gasteiger partial charge in [0, 0.05) is 21.8 Å². The Morgan fingerprint density at radius 3 is 2.75 bits per heavy atom. The van der Waals surface area contributed by atoms with Gasteiger partial charge in [-0.1, -0.05) is 29.8 Å². The Kier molecular flexibility index (Phi) is 4.60. The molecule has 0 aliphatic heterocycles. The van der Waals surface area contributed by atoms with E-state index in [0.29, 0.717) is 11.7 Å². The van der Waals surface area contributed by atoms with Crippen molar-refractivity contribution in [2.75, 3.05) is 7.11 Å². The molecule has 0 saturated carbocycles. The molecule has 0 aliphatic carbocycles. The van der Waals surface area contributed by atoms with Crippen molar-refractivity contribution in [1.82, 2.24) is 9.97 Å². The predicted molar refractivity (Wildman–Crippen MR) is 83.1 cm³/mol. The Bertz CT molecular complexity index is 665. The lowest BCUT2D eigenvalue weighted by atomic mass is 10.1. The van der Waals surface area contributed by atoms with Crippen molar-refractivity contribution in [2.45, 2.75) is 20.3 Å². The second-order valence-corrected chi connectivity index (χ2v) is 5.88. The van der Waals surface area contributed by atoms with Gasteiger partial charge >= 0.3 is 0 Å². The fourth-order valence-electron chi connectivity index (χ4n) is 1.97. The number of ether oxygens (including phenoxy) is 1. The van der Waals surface area contributed by atoms with Crippen molar-refractivity contribution in [1.29, 1.82) is 0 Å². The Balaban J connectivity index is 2.52. The molecule has 0 atom stereocenters. The Morgan fingerprint density at radius 2 is 2.10 bits per heavy atom. The van der Waals surface area contributed by atoms with Gasteiger partial charge in [0.1, 0.15) is 11.6 Å². The third-order valence-electron chi connectivity index (χ3n) is 2.84. The molecule has 4 nitrogen and oxygen atoms in total. The van der Waals surface area contributed by atoms with Crippen LogP contribution in [0.5, 0.6) is 5.75 Å². The van der Waals surface area contributed by atoms with Crippen LogP contribution in [0.15, 0.2) is 33.5 Å². The Hall–Kier alpha value is -1.62. The van der Waals surface area contributed by atoms with Crippen LogP contribution in [-0.2, 0) is 6.42 Å². The van der Waals surface area contributed by atoms with Gasteiger partial charge in [0.05, 0.1) is 7.11 Å². The largest absolute Gasteiger partial charge is 0.497 e. The highest BCUT2D eigenvalue weighted by atomic mass is 79.9. The van der Waals surface area contributed by atoms with Gasteiger partial charge in [-0.15, -0.1) is 0 Å². The van der Waals surface area contributed by atoms with Crippen LogP contribution < -0.4 is 10.3 Å². The van der Waals surface area contributed by atoms with Crippen molar-refractivity contribution >= 4 is 15.9 Å². The Labute approximate surface area is 126 Å². The number of hydrogen-bond donors (Lipinski definition) is 1. The molecular formula is C15H17BrN2O2. The van der Waals surface area contributed by atoms with E-state index in [1.54, 1.807) is 13.2 Å². The van der Waals surface area contributed by atoms with Gasteiger partial charge in [-0.25, -0.2) is 4.98 Å². The third-order valence-corrected chi connectivity index (χ3v) is 3.53. The second-order valence-electron chi connectivity index (χ2n) is 5.03. The van der Waals surface area contributed by atoms with Crippen LogP contribution in [0.4, 0.5) is 0 Å². The molecular weight excluding hydrogens is 320 g/mol. The van der Waals surface area contributed by atoms with Crippen LogP contribution in [0.3, 0.4) is 0 Å². The van der Waals surface area contributed by atoms with Crippen LogP contribution in [0.25, 0.3) is 11.4 Å². The molecule has 1 aromatic heterocycles. The molecule has 1 N–H and O–H groups in total. The molecule has 0 aliphatic rings. The van der Waals surface area contributed by atoms with Gasteiger partial charge in [0.15, 0.2) is 0 Å². The van der Waals surface area contributed by atoms with Gasteiger partial charge in [-0.05, 0) is 30.5 Å². The summed E-state index contributed by atoms with van der Waals surface area (Å²) in [6.45, 7) is 4.20. The fourth-order valence-corrected chi connectivity index (χ4v) is 2.41. The minimum Gasteiger partial charge on any atom is -0.497 e.